The molecule has 2 aliphatic rings. The number of rotatable bonds is 4. The largest absolute Gasteiger partial charge is 0.376 e. The lowest BCUT2D eigenvalue weighted by Gasteiger charge is -2.37. The first kappa shape index (κ1) is 15.6. The maximum absolute atomic E-state index is 12.5. The van der Waals surface area contributed by atoms with E-state index in [1.165, 1.54) is 19.3 Å². The summed E-state index contributed by atoms with van der Waals surface area (Å²) < 4.78 is 5.65. The van der Waals surface area contributed by atoms with E-state index in [4.69, 9.17) is 4.74 Å². The highest BCUT2D eigenvalue weighted by atomic mass is 16.5. The Balaban J connectivity index is 1.87. The van der Waals surface area contributed by atoms with E-state index in [-0.39, 0.29) is 12.1 Å². The van der Waals surface area contributed by atoms with E-state index >= 15 is 0 Å². The van der Waals surface area contributed by atoms with Gasteiger partial charge in [0, 0.05) is 25.7 Å². The number of carbonyl (C=O) groups excluding carboxylic acids is 1. The van der Waals surface area contributed by atoms with Crippen LogP contribution < -0.4 is 5.32 Å². The third-order valence-corrected chi connectivity index (χ3v) is 4.95. The fourth-order valence-corrected chi connectivity index (χ4v) is 3.59. The van der Waals surface area contributed by atoms with Crippen LogP contribution in [0.15, 0.2) is 0 Å². The molecule has 1 saturated heterocycles. The van der Waals surface area contributed by atoms with Crippen molar-refractivity contribution < 1.29 is 9.53 Å². The first-order chi connectivity index (χ1) is 9.61. The zero-order valence-electron chi connectivity index (χ0n) is 13.2. The quantitative estimate of drug-likeness (QED) is 0.861. The van der Waals surface area contributed by atoms with Crippen LogP contribution in [0.5, 0.6) is 0 Å². The Labute approximate surface area is 123 Å². The summed E-state index contributed by atoms with van der Waals surface area (Å²) in [4.78, 5) is 14.4. The molecule has 1 heterocycles. The summed E-state index contributed by atoms with van der Waals surface area (Å²) >= 11 is 0. The van der Waals surface area contributed by atoms with Gasteiger partial charge >= 0.3 is 6.03 Å². The molecule has 3 atom stereocenters. The lowest BCUT2D eigenvalue weighted by molar-refractivity contribution is 0.0801. The smallest absolute Gasteiger partial charge is 0.317 e. The summed E-state index contributed by atoms with van der Waals surface area (Å²) in [6.45, 7) is 8.90. The predicted molar refractivity (Wildman–Crippen MR) is 80.7 cm³/mol. The maximum atomic E-state index is 12.5. The van der Waals surface area contributed by atoms with Gasteiger partial charge in [0.2, 0.25) is 0 Å². The number of hydrogen-bond acceptors (Lipinski definition) is 2. The molecule has 0 aromatic heterocycles. The Morgan fingerprint density at radius 3 is 2.45 bits per heavy atom. The molecule has 2 fully saturated rings. The molecule has 4 nitrogen and oxygen atoms in total. The molecule has 1 saturated carbocycles. The van der Waals surface area contributed by atoms with Crippen molar-refractivity contribution in [3.8, 4) is 0 Å². The zero-order chi connectivity index (χ0) is 14.5. The Morgan fingerprint density at radius 2 is 1.90 bits per heavy atom. The van der Waals surface area contributed by atoms with E-state index in [0.29, 0.717) is 17.9 Å². The molecule has 116 valence electrons. The van der Waals surface area contributed by atoms with E-state index in [1.54, 1.807) is 0 Å². The highest BCUT2D eigenvalue weighted by Crippen LogP contribution is 2.29. The van der Waals surface area contributed by atoms with Crippen LogP contribution >= 0.6 is 0 Å². The Kier molecular flexibility index (Phi) is 5.70. The topological polar surface area (TPSA) is 41.6 Å². The van der Waals surface area contributed by atoms with Crippen molar-refractivity contribution in [3.05, 3.63) is 0 Å². The number of urea groups is 1. The molecular weight excluding hydrogens is 252 g/mol. The SMILES string of the molecule is CCN(CC1CCCO1)C(=O)NC1C(C)CCCC1C. The first-order valence-electron chi connectivity index (χ1n) is 8.28. The van der Waals surface area contributed by atoms with Gasteiger partial charge in [-0.15, -0.1) is 0 Å². The van der Waals surface area contributed by atoms with Crippen molar-refractivity contribution in [2.24, 2.45) is 11.8 Å². The van der Waals surface area contributed by atoms with Crippen LogP contribution in [0, 0.1) is 11.8 Å². The second kappa shape index (κ2) is 7.30. The van der Waals surface area contributed by atoms with Gasteiger partial charge in [-0.3, -0.25) is 0 Å². The summed E-state index contributed by atoms with van der Waals surface area (Å²) in [6.07, 6.45) is 6.20. The minimum absolute atomic E-state index is 0.0913. The molecule has 4 heteroatoms. The number of nitrogens with one attached hydrogen (secondary N) is 1. The third-order valence-electron chi connectivity index (χ3n) is 4.95. The minimum Gasteiger partial charge on any atom is -0.376 e. The Hall–Kier alpha value is -0.770. The van der Waals surface area contributed by atoms with E-state index in [0.717, 1.165) is 32.5 Å². The number of amides is 2. The van der Waals surface area contributed by atoms with Crippen molar-refractivity contribution in [1.29, 1.82) is 0 Å². The fourth-order valence-electron chi connectivity index (χ4n) is 3.59. The van der Waals surface area contributed by atoms with Gasteiger partial charge in [-0.25, -0.2) is 4.79 Å². The molecule has 0 aromatic rings. The molecule has 2 amide bonds. The number of ether oxygens (including phenoxy) is 1. The van der Waals surface area contributed by atoms with E-state index in [1.807, 2.05) is 11.8 Å². The second-order valence-electron chi connectivity index (χ2n) is 6.53. The third kappa shape index (κ3) is 3.87. The first-order valence-corrected chi connectivity index (χ1v) is 8.28. The summed E-state index contributed by atoms with van der Waals surface area (Å²) in [5.74, 6) is 1.17. The molecule has 0 radical (unpaired) electrons. The lowest BCUT2D eigenvalue weighted by atomic mass is 9.79. The molecule has 3 unspecified atom stereocenters. The van der Waals surface area contributed by atoms with Gasteiger partial charge in [-0.05, 0) is 44.4 Å². The van der Waals surface area contributed by atoms with Crippen LogP contribution in [0.1, 0.15) is 52.9 Å². The average molecular weight is 282 g/mol. The van der Waals surface area contributed by atoms with Crippen LogP contribution in [0.3, 0.4) is 0 Å². The molecule has 1 N–H and O–H groups in total. The Bertz CT molecular complexity index is 306. The maximum Gasteiger partial charge on any atom is 0.317 e. The summed E-state index contributed by atoms with van der Waals surface area (Å²) in [6, 6.07) is 0.420. The highest BCUT2D eigenvalue weighted by Gasteiger charge is 2.30. The summed E-state index contributed by atoms with van der Waals surface area (Å²) in [7, 11) is 0. The van der Waals surface area contributed by atoms with Gasteiger partial charge in [0.1, 0.15) is 0 Å². The Morgan fingerprint density at radius 1 is 1.20 bits per heavy atom. The monoisotopic (exact) mass is 282 g/mol. The molecule has 0 bridgehead atoms. The summed E-state index contributed by atoms with van der Waals surface area (Å²) in [5, 5.41) is 3.27. The van der Waals surface area contributed by atoms with Gasteiger partial charge in [-0.1, -0.05) is 20.3 Å². The minimum atomic E-state index is 0.0913. The van der Waals surface area contributed by atoms with Crippen LogP contribution in [0.4, 0.5) is 4.79 Å². The number of carbonyl (C=O) groups is 1. The molecule has 0 spiro atoms. The standard InChI is InChI=1S/C16H30N2O2/c1-4-18(11-14-9-6-10-20-14)16(19)17-15-12(2)7-5-8-13(15)3/h12-15H,4-11H2,1-3H3,(H,17,19). The average Bonchev–Trinajstić information content (AvgIpc) is 2.93. The van der Waals surface area contributed by atoms with Crippen LogP contribution in [-0.2, 0) is 4.74 Å². The van der Waals surface area contributed by atoms with Crippen LogP contribution in [0.25, 0.3) is 0 Å². The second-order valence-corrected chi connectivity index (χ2v) is 6.53. The predicted octanol–water partition coefficient (Wildman–Crippen LogP) is 3.02. The molecule has 2 rings (SSSR count). The molecule has 0 aromatic carbocycles. The molecule has 1 aliphatic heterocycles. The van der Waals surface area contributed by atoms with Crippen molar-refractivity contribution >= 4 is 6.03 Å². The highest BCUT2D eigenvalue weighted by molar-refractivity contribution is 5.74. The van der Waals surface area contributed by atoms with Gasteiger partial charge < -0.3 is 15.0 Å². The van der Waals surface area contributed by atoms with Crippen molar-refractivity contribution in [2.75, 3.05) is 19.7 Å². The zero-order valence-corrected chi connectivity index (χ0v) is 13.2. The van der Waals surface area contributed by atoms with Crippen LogP contribution in [-0.4, -0.2) is 42.8 Å². The van der Waals surface area contributed by atoms with Crippen molar-refractivity contribution in [2.45, 2.75) is 65.0 Å². The lowest BCUT2D eigenvalue weighted by Crippen LogP contribution is -2.52. The van der Waals surface area contributed by atoms with E-state index < -0.39 is 0 Å². The molecule has 20 heavy (non-hydrogen) atoms. The van der Waals surface area contributed by atoms with E-state index in [9.17, 15) is 4.79 Å². The summed E-state index contributed by atoms with van der Waals surface area (Å²) in [5.41, 5.74) is 0. The van der Waals surface area contributed by atoms with Gasteiger partial charge in [0.15, 0.2) is 0 Å². The number of nitrogens with zero attached hydrogens (tertiary/aromatic N) is 1. The van der Waals surface area contributed by atoms with E-state index in [2.05, 4.69) is 19.2 Å². The van der Waals surface area contributed by atoms with Gasteiger partial charge in [0.05, 0.1) is 6.10 Å². The number of likely N-dealkylation sites (N-methyl/N-ethyl adjacent to an activating group) is 1. The van der Waals surface area contributed by atoms with Crippen LogP contribution in [0.2, 0.25) is 0 Å². The molecular formula is C16H30N2O2. The van der Waals surface area contributed by atoms with Gasteiger partial charge in [0.25, 0.3) is 0 Å². The number of hydrogen-bond donors (Lipinski definition) is 1. The normalized spacial score (nSPS) is 34.0. The van der Waals surface area contributed by atoms with Crippen molar-refractivity contribution in [1.82, 2.24) is 10.2 Å². The van der Waals surface area contributed by atoms with Crippen molar-refractivity contribution in [3.63, 3.8) is 0 Å². The molecule has 1 aliphatic carbocycles. The fraction of sp³-hybridized carbons (Fsp3) is 0.938. The van der Waals surface area contributed by atoms with Gasteiger partial charge in [-0.2, -0.15) is 0 Å².